The summed E-state index contributed by atoms with van der Waals surface area (Å²) in [6.07, 6.45) is 6.53. The van der Waals surface area contributed by atoms with Gasteiger partial charge in [-0.25, -0.2) is 0 Å². The second kappa shape index (κ2) is 7.62. The highest BCUT2D eigenvalue weighted by atomic mass is 32.1. The van der Waals surface area contributed by atoms with Gasteiger partial charge in [0.15, 0.2) is 0 Å². The van der Waals surface area contributed by atoms with E-state index < -0.39 is 0 Å². The molecule has 154 valence electrons. The van der Waals surface area contributed by atoms with Gasteiger partial charge < -0.3 is 0 Å². The molecule has 2 heteroatoms. The molecule has 4 aromatic carbocycles. The molecule has 0 aliphatic carbocycles. The van der Waals surface area contributed by atoms with Gasteiger partial charge in [-0.2, -0.15) is 0 Å². The van der Waals surface area contributed by atoms with Crippen LogP contribution < -0.4 is 0 Å². The van der Waals surface area contributed by atoms with Gasteiger partial charge in [-0.05, 0) is 64.2 Å². The lowest BCUT2D eigenvalue weighted by atomic mass is 9.96. The standard InChI is InChI=1S/C29H26S2/c1-3-4-5-6-7-21-17-20-9-11-25-23-12-14-26-24(10-8-19-16-18(2)30-28(19)26)22(23)13-15-27(25)29(20)31-21/h8-17H,3-7H2,1-2H3. The average molecular weight is 439 g/mol. The van der Waals surface area contributed by atoms with Gasteiger partial charge in [-0.15, -0.1) is 22.7 Å². The number of unbranched alkanes of at least 4 members (excludes halogenated alkanes) is 3. The molecule has 2 heterocycles. The van der Waals surface area contributed by atoms with E-state index in [9.17, 15) is 0 Å². The van der Waals surface area contributed by atoms with Crippen molar-refractivity contribution in [3.63, 3.8) is 0 Å². The van der Waals surface area contributed by atoms with E-state index in [0.29, 0.717) is 0 Å². The first kappa shape index (κ1) is 19.3. The summed E-state index contributed by atoms with van der Waals surface area (Å²) in [5, 5.41) is 11.0. The molecule has 0 saturated heterocycles. The van der Waals surface area contributed by atoms with E-state index >= 15 is 0 Å². The van der Waals surface area contributed by atoms with Crippen molar-refractivity contribution in [2.45, 2.75) is 46.0 Å². The lowest BCUT2D eigenvalue weighted by Gasteiger charge is -2.09. The van der Waals surface area contributed by atoms with Crippen LogP contribution in [0.15, 0.2) is 60.7 Å². The Morgan fingerprint density at radius 1 is 0.581 bits per heavy atom. The lowest BCUT2D eigenvalue weighted by Crippen LogP contribution is -1.81. The molecule has 0 nitrogen and oxygen atoms in total. The molecule has 6 aromatic rings. The predicted octanol–water partition coefficient (Wildman–Crippen LogP) is 10.0. The summed E-state index contributed by atoms with van der Waals surface area (Å²) < 4.78 is 2.87. The van der Waals surface area contributed by atoms with Gasteiger partial charge in [-0.3, -0.25) is 0 Å². The molecule has 0 radical (unpaired) electrons. The molecule has 0 atom stereocenters. The quantitative estimate of drug-likeness (QED) is 0.185. The minimum Gasteiger partial charge on any atom is -0.140 e. The predicted molar refractivity (Wildman–Crippen MR) is 142 cm³/mol. The van der Waals surface area contributed by atoms with Crippen LogP contribution >= 0.6 is 22.7 Å². The zero-order valence-corrected chi connectivity index (χ0v) is 19.8. The third-order valence-electron chi connectivity index (χ3n) is 6.61. The van der Waals surface area contributed by atoms with Crippen LogP contribution in [-0.2, 0) is 6.42 Å². The van der Waals surface area contributed by atoms with E-state index in [4.69, 9.17) is 0 Å². The second-order valence-corrected chi connectivity index (χ2v) is 11.2. The summed E-state index contributed by atoms with van der Waals surface area (Å²) in [5.74, 6) is 0. The van der Waals surface area contributed by atoms with Crippen LogP contribution in [0.2, 0.25) is 0 Å². The Kier molecular flexibility index (Phi) is 4.74. The van der Waals surface area contributed by atoms with Gasteiger partial charge in [-0.1, -0.05) is 74.7 Å². The number of aryl methyl sites for hydroxylation is 2. The van der Waals surface area contributed by atoms with Crippen LogP contribution in [0.4, 0.5) is 0 Å². The fourth-order valence-corrected chi connectivity index (χ4v) is 7.33. The van der Waals surface area contributed by atoms with Crippen LogP contribution in [0.1, 0.15) is 42.4 Å². The van der Waals surface area contributed by atoms with Crippen LogP contribution in [0.25, 0.3) is 52.5 Å². The van der Waals surface area contributed by atoms with E-state index in [1.807, 2.05) is 22.7 Å². The van der Waals surface area contributed by atoms with E-state index in [-0.39, 0.29) is 0 Å². The maximum Gasteiger partial charge on any atom is 0.0424 e. The molecule has 0 aliphatic rings. The SMILES string of the molecule is CCCCCCc1cc2ccc3c4ccc5c(ccc6cc(C)sc65)c4ccc3c2s1. The molecule has 0 bridgehead atoms. The van der Waals surface area contributed by atoms with Gasteiger partial charge in [0, 0.05) is 29.9 Å². The molecular weight excluding hydrogens is 412 g/mol. The van der Waals surface area contributed by atoms with E-state index in [1.165, 1.54) is 94.3 Å². The largest absolute Gasteiger partial charge is 0.140 e. The van der Waals surface area contributed by atoms with Crippen molar-refractivity contribution in [1.29, 1.82) is 0 Å². The molecule has 6 rings (SSSR count). The summed E-state index contributed by atoms with van der Waals surface area (Å²) >= 11 is 3.91. The third kappa shape index (κ3) is 3.16. The van der Waals surface area contributed by atoms with Crippen molar-refractivity contribution in [2.75, 3.05) is 0 Å². The molecule has 0 amide bonds. The fourth-order valence-electron chi connectivity index (χ4n) is 5.06. The van der Waals surface area contributed by atoms with Crippen LogP contribution in [0.5, 0.6) is 0 Å². The number of hydrogen-bond donors (Lipinski definition) is 0. The Morgan fingerprint density at radius 2 is 1.13 bits per heavy atom. The smallest absolute Gasteiger partial charge is 0.0424 e. The topological polar surface area (TPSA) is 0 Å². The maximum absolute atomic E-state index is 2.42. The van der Waals surface area contributed by atoms with Crippen LogP contribution in [0.3, 0.4) is 0 Å². The number of benzene rings is 4. The first-order valence-electron chi connectivity index (χ1n) is 11.4. The average Bonchev–Trinajstić information content (AvgIpc) is 3.38. The van der Waals surface area contributed by atoms with Gasteiger partial charge in [0.25, 0.3) is 0 Å². The van der Waals surface area contributed by atoms with Crippen LogP contribution in [0, 0.1) is 6.92 Å². The van der Waals surface area contributed by atoms with Crippen molar-refractivity contribution in [3.05, 3.63) is 70.4 Å². The van der Waals surface area contributed by atoms with Gasteiger partial charge >= 0.3 is 0 Å². The molecule has 0 fully saturated rings. The molecular formula is C29H26S2. The van der Waals surface area contributed by atoms with Gasteiger partial charge in [0.1, 0.15) is 0 Å². The Morgan fingerprint density at radius 3 is 1.81 bits per heavy atom. The summed E-state index contributed by atoms with van der Waals surface area (Å²) in [5.41, 5.74) is 0. The van der Waals surface area contributed by atoms with Crippen molar-refractivity contribution in [1.82, 2.24) is 0 Å². The first-order valence-corrected chi connectivity index (χ1v) is 13.1. The molecule has 0 aliphatic heterocycles. The summed E-state index contributed by atoms with van der Waals surface area (Å²) in [6.45, 7) is 4.48. The number of fused-ring (bicyclic) bond motifs is 9. The number of rotatable bonds is 5. The molecule has 2 aromatic heterocycles. The highest BCUT2D eigenvalue weighted by Crippen LogP contribution is 2.40. The molecule has 0 saturated carbocycles. The molecule has 31 heavy (non-hydrogen) atoms. The highest BCUT2D eigenvalue weighted by Gasteiger charge is 2.12. The van der Waals surface area contributed by atoms with E-state index in [1.54, 1.807) is 0 Å². The number of hydrogen-bond acceptors (Lipinski definition) is 2. The minimum atomic E-state index is 1.22. The summed E-state index contributed by atoms with van der Waals surface area (Å²) in [7, 11) is 0. The molecule has 0 spiro atoms. The monoisotopic (exact) mass is 438 g/mol. The normalized spacial score (nSPS) is 12.2. The lowest BCUT2D eigenvalue weighted by molar-refractivity contribution is 0.670. The van der Waals surface area contributed by atoms with Gasteiger partial charge in [0.05, 0.1) is 0 Å². The number of thiophene rings is 2. The Hall–Kier alpha value is -2.42. The van der Waals surface area contributed by atoms with Crippen molar-refractivity contribution >= 4 is 75.2 Å². The van der Waals surface area contributed by atoms with Crippen molar-refractivity contribution < 1.29 is 0 Å². The minimum absolute atomic E-state index is 1.22. The highest BCUT2D eigenvalue weighted by molar-refractivity contribution is 7.20. The summed E-state index contributed by atoms with van der Waals surface area (Å²) in [4.78, 5) is 2.92. The van der Waals surface area contributed by atoms with Crippen molar-refractivity contribution in [3.8, 4) is 0 Å². The van der Waals surface area contributed by atoms with E-state index in [2.05, 4.69) is 74.5 Å². The third-order valence-corrected chi connectivity index (χ3v) is 8.95. The summed E-state index contributed by atoms with van der Waals surface area (Å²) in [6, 6.07) is 23.4. The second-order valence-electron chi connectivity index (χ2n) is 8.76. The van der Waals surface area contributed by atoms with E-state index in [0.717, 1.165) is 0 Å². The van der Waals surface area contributed by atoms with Gasteiger partial charge in [0.2, 0.25) is 0 Å². The first-order chi connectivity index (χ1) is 15.2. The Labute approximate surface area is 191 Å². The van der Waals surface area contributed by atoms with Crippen molar-refractivity contribution in [2.24, 2.45) is 0 Å². The zero-order valence-electron chi connectivity index (χ0n) is 18.1. The van der Waals surface area contributed by atoms with Crippen LogP contribution in [-0.4, -0.2) is 0 Å². The zero-order chi connectivity index (χ0) is 20.9. The Balaban J connectivity index is 1.52. The Bertz CT molecular complexity index is 1580. The fraction of sp³-hybridized carbons (Fsp3) is 0.241. The molecule has 0 N–H and O–H groups in total. The maximum atomic E-state index is 2.42. The molecule has 0 unspecified atom stereocenters.